The van der Waals surface area contributed by atoms with Crippen molar-refractivity contribution in [2.45, 2.75) is 12.8 Å². The molecule has 1 aromatic carbocycles. The summed E-state index contributed by atoms with van der Waals surface area (Å²) in [4.78, 5) is 29.3. The molecule has 2 amide bonds. The molecular weight excluding hydrogens is 340 g/mol. The molecule has 0 spiro atoms. The van der Waals surface area contributed by atoms with Gasteiger partial charge in [-0.05, 0) is 31.0 Å². The van der Waals surface area contributed by atoms with E-state index < -0.39 is 0 Å². The quantitative estimate of drug-likeness (QED) is 0.774. The minimum atomic E-state index is -0.292. The van der Waals surface area contributed by atoms with Gasteiger partial charge in [0.1, 0.15) is 0 Å². The summed E-state index contributed by atoms with van der Waals surface area (Å²) in [6.45, 7) is 5.38. The number of hydrogen-bond donors (Lipinski definition) is 2. The predicted molar refractivity (Wildman–Crippen MR) is 97.7 cm³/mol. The lowest BCUT2D eigenvalue weighted by Crippen LogP contribution is -3.16. The molecule has 1 atom stereocenters. The monoisotopic (exact) mass is 365 g/mol. The highest BCUT2D eigenvalue weighted by molar-refractivity contribution is 6.30. The molecule has 2 saturated heterocycles. The van der Waals surface area contributed by atoms with E-state index >= 15 is 0 Å². The summed E-state index contributed by atoms with van der Waals surface area (Å²) in [5, 5.41) is 0.747. The minimum Gasteiger partial charge on any atom is -0.369 e. The topological polar surface area (TPSA) is 71.1 Å². The summed E-state index contributed by atoms with van der Waals surface area (Å²) in [6, 6.07) is 7.89. The Morgan fingerprint density at radius 1 is 1.24 bits per heavy atom. The Hall–Kier alpha value is -1.79. The Balaban J connectivity index is 1.48. The van der Waals surface area contributed by atoms with Gasteiger partial charge in [-0.2, -0.15) is 0 Å². The van der Waals surface area contributed by atoms with Gasteiger partial charge in [0.2, 0.25) is 5.91 Å². The molecule has 2 heterocycles. The van der Waals surface area contributed by atoms with Gasteiger partial charge in [-0.15, -0.1) is 0 Å². The number of anilines is 1. The fourth-order valence-electron chi connectivity index (χ4n) is 3.69. The maximum atomic E-state index is 12.6. The van der Waals surface area contributed by atoms with E-state index in [9.17, 15) is 9.59 Å². The lowest BCUT2D eigenvalue weighted by molar-refractivity contribution is -0.892. The van der Waals surface area contributed by atoms with E-state index in [0.29, 0.717) is 13.1 Å². The molecule has 3 rings (SSSR count). The molecule has 0 unspecified atom stereocenters. The van der Waals surface area contributed by atoms with Crippen LogP contribution in [0.5, 0.6) is 0 Å². The molecule has 2 aliphatic heterocycles. The molecule has 3 N–H and O–H groups in total. The van der Waals surface area contributed by atoms with Crippen LogP contribution in [0.25, 0.3) is 0 Å². The van der Waals surface area contributed by atoms with Crippen LogP contribution in [-0.2, 0) is 9.59 Å². The second kappa shape index (κ2) is 8.06. The molecule has 6 nitrogen and oxygen atoms in total. The van der Waals surface area contributed by atoms with E-state index in [-0.39, 0.29) is 17.7 Å². The first-order chi connectivity index (χ1) is 12.0. The highest BCUT2D eigenvalue weighted by Crippen LogP contribution is 2.19. The number of carbonyl (C=O) groups excluding carboxylic acids is 2. The van der Waals surface area contributed by atoms with Crippen molar-refractivity contribution >= 4 is 29.1 Å². The lowest BCUT2D eigenvalue weighted by Gasteiger charge is -2.35. The van der Waals surface area contributed by atoms with Crippen molar-refractivity contribution in [1.29, 1.82) is 0 Å². The number of rotatable bonds is 4. The van der Waals surface area contributed by atoms with E-state index in [0.717, 1.165) is 56.3 Å². The molecule has 25 heavy (non-hydrogen) atoms. The summed E-state index contributed by atoms with van der Waals surface area (Å²) in [5.41, 5.74) is 6.54. The van der Waals surface area contributed by atoms with Crippen LogP contribution in [0, 0.1) is 5.92 Å². The Labute approximate surface area is 153 Å². The first-order valence-corrected chi connectivity index (χ1v) is 9.32. The average molecular weight is 366 g/mol. The molecule has 0 aromatic heterocycles. The highest BCUT2D eigenvalue weighted by Gasteiger charge is 2.30. The van der Waals surface area contributed by atoms with Crippen molar-refractivity contribution in [1.82, 2.24) is 4.90 Å². The number of piperidine rings is 1. The molecule has 0 saturated carbocycles. The van der Waals surface area contributed by atoms with Crippen LogP contribution in [0.4, 0.5) is 5.69 Å². The van der Waals surface area contributed by atoms with Gasteiger partial charge in [-0.25, -0.2) is 0 Å². The van der Waals surface area contributed by atoms with E-state index in [1.165, 1.54) is 4.90 Å². The molecule has 2 fully saturated rings. The van der Waals surface area contributed by atoms with Gasteiger partial charge in [0, 0.05) is 23.8 Å². The SMILES string of the molecule is NC(=O)[C@H]1CCCN(C(=O)C[NH+]2CCN(c3cccc(Cl)c3)CC2)C1. The van der Waals surface area contributed by atoms with Crippen LogP contribution in [0.1, 0.15) is 12.8 Å². The van der Waals surface area contributed by atoms with E-state index in [1.807, 2.05) is 23.1 Å². The van der Waals surface area contributed by atoms with Gasteiger partial charge < -0.3 is 20.4 Å². The fourth-order valence-corrected chi connectivity index (χ4v) is 3.88. The number of likely N-dealkylation sites (tertiary alicyclic amines) is 1. The Bertz CT molecular complexity index is 631. The van der Waals surface area contributed by atoms with Crippen molar-refractivity contribution in [3.63, 3.8) is 0 Å². The number of halogens is 1. The second-order valence-corrected chi connectivity index (χ2v) is 7.41. The number of nitrogens with one attached hydrogen (secondary N) is 1. The zero-order valence-corrected chi connectivity index (χ0v) is 15.2. The number of quaternary nitrogens is 1. The Morgan fingerprint density at radius 2 is 2.00 bits per heavy atom. The van der Waals surface area contributed by atoms with Crippen LogP contribution in [0.2, 0.25) is 5.02 Å². The summed E-state index contributed by atoms with van der Waals surface area (Å²) in [6.07, 6.45) is 1.65. The molecule has 2 aliphatic rings. The van der Waals surface area contributed by atoms with Gasteiger partial charge in [-0.1, -0.05) is 17.7 Å². The van der Waals surface area contributed by atoms with Crippen LogP contribution >= 0.6 is 11.6 Å². The molecule has 0 radical (unpaired) electrons. The van der Waals surface area contributed by atoms with Crippen LogP contribution < -0.4 is 15.5 Å². The number of amides is 2. The van der Waals surface area contributed by atoms with Gasteiger partial charge in [0.05, 0.1) is 32.1 Å². The highest BCUT2D eigenvalue weighted by atomic mass is 35.5. The largest absolute Gasteiger partial charge is 0.369 e. The molecule has 7 heteroatoms. The molecular formula is C18H26ClN4O2+. The first kappa shape index (κ1) is 18.0. The lowest BCUT2D eigenvalue weighted by atomic mass is 9.97. The first-order valence-electron chi connectivity index (χ1n) is 8.94. The van der Waals surface area contributed by atoms with E-state index in [4.69, 9.17) is 17.3 Å². The summed E-state index contributed by atoms with van der Waals surface area (Å²) >= 11 is 6.07. The van der Waals surface area contributed by atoms with Crippen molar-refractivity contribution in [3.05, 3.63) is 29.3 Å². The van der Waals surface area contributed by atoms with Crippen LogP contribution in [0.15, 0.2) is 24.3 Å². The number of nitrogens with two attached hydrogens (primary N) is 1. The zero-order chi connectivity index (χ0) is 17.8. The van der Waals surface area contributed by atoms with Crippen molar-refractivity contribution in [3.8, 4) is 0 Å². The number of piperazine rings is 1. The van der Waals surface area contributed by atoms with Crippen molar-refractivity contribution in [2.24, 2.45) is 11.7 Å². The fraction of sp³-hybridized carbons (Fsp3) is 0.556. The average Bonchev–Trinajstić information content (AvgIpc) is 2.62. The predicted octanol–water partition coefficient (Wildman–Crippen LogP) is -0.231. The molecule has 1 aromatic rings. The third-order valence-corrected chi connectivity index (χ3v) is 5.46. The molecule has 0 bridgehead atoms. The van der Waals surface area contributed by atoms with Crippen LogP contribution in [0.3, 0.4) is 0 Å². The third kappa shape index (κ3) is 4.64. The smallest absolute Gasteiger partial charge is 0.277 e. The number of nitrogens with zero attached hydrogens (tertiary/aromatic N) is 2. The van der Waals surface area contributed by atoms with E-state index in [1.54, 1.807) is 0 Å². The number of hydrogen-bond acceptors (Lipinski definition) is 3. The summed E-state index contributed by atoms with van der Waals surface area (Å²) in [7, 11) is 0. The number of carbonyl (C=O) groups is 2. The van der Waals surface area contributed by atoms with Gasteiger partial charge in [0.25, 0.3) is 5.91 Å². The number of benzene rings is 1. The molecule has 136 valence electrons. The molecule has 0 aliphatic carbocycles. The normalized spacial score (nSPS) is 22.0. The van der Waals surface area contributed by atoms with E-state index in [2.05, 4.69) is 11.0 Å². The number of primary amides is 1. The standard InChI is InChI=1S/C18H25ClN4O2/c19-15-4-1-5-16(11-15)22-9-7-21(8-10-22)13-17(24)23-6-2-3-14(12-23)18(20)25/h1,4-5,11,14H,2-3,6-10,12-13H2,(H2,20,25)/p+1/t14-/m0/s1. The van der Waals surface area contributed by atoms with Crippen LogP contribution in [-0.4, -0.2) is 62.5 Å². The maximum absolute atomic E-state index is 12.6. The second-order valence-electron chi connectivity index (χ2n) is 6.97. The van der Waals surface area contributed by atoms with Crippen molar-refractivity contribution < 1.29 is 14.5 Å². The van der Waals surface area contributed by atoms with Gasteiger partial charge in [0.15, 0.2) is 6.54 Å². The zero-order valence-electron chi connectivity index (χ0n) is 14.4. The Morgan fingerprint density at radius 3 is 2.68 bits per heavy atom. The Kier molecular flexibility index (Phi) is 5.81. The maximum Gasteiger partial charge on any atom is 0.277 e. The van der Waals surface area contributed by atoms with Crippen molar-refractivity contribution in [2.75, 3.05) is 50.7 Å². The third-order valence-electron chi connectivity index (χ3n) is 5.22. The van der Waals surface area contributed by atoms with Gasteiger partial charge in [-0.3, -0.25) is 9.59 Å². The van der Waals surface area contributed by atoms with Gasteiger partial charge >= 0.3 is 0 Å². The summed E-state index contributed by atoms with van der Waals surface area (Å²) in [5.74, 6) is -0.343. The summed E-state index contributed by atoms with van der Waals surface area (Å²) < 4.78 is 0. The minimum absolute atomic E-state index is 0.136.